The predicted molar refractivity (Wildman–Crippen MR) is 89.3 cm³/mol. The van der Waals surface area contributed by atoms with Crippen LogP contribution in [0, 0.1) is 5.92 Å². The molecule has 0 aromatic carbocycles. The summed E-state index contributed by atoms with van der Waals surface area (Å²) in [5.41, 5.74) is 1.50. The molecule has 0 N–H and O–H groups in total. The van der Waals surface area contributed by atoms with Crippen LogP contribution in [0.3, 0.4) is 0 Å². The van der Waals surface area contributed by atoms with Gasteiger partial charge in [0.2, 0.25) is 11.4 Å². The number of likely N-dealkylation sites (tertiary alicyclic amines) is 1. The second-order valence-electron chi connectivity index (χ2n) is 6.79. The molecule has 2 bridgehead atoms. The van der Waals surface area contributed by atoms with Crippen LogP contribution in [0.1, 0.15) is 28.6 Å². The molecule has 1 saturated heterocycles. The van der Waals surface area contributed by atoms with Crippen LogP contribution < -0.4 is 5.56 Å². The normalized spacial score (nSPS) is 22.0. The van der Waals surface area contributed by atoms with Crippen molar-refractivity contribution in [1.29, 1.82) is 0 Å². The summed E-state index contributed by atoms with van der Waals surface area (Å²) in [7, 11) is 0. The minimum absolute atomic E-state index is 0.0410. The summed E-state index contributed by atoms with van der Waals surface area (Å²) in [6.45, 7) is 1.87. The van der Waals surface area contributed by atoms with Crippen LogP contribution in [0.15, 0.2) is 45.8 Å². The summed E-state index contributed by atoms with van der Waals surface area (Å²) < 4.78 is 7.14. The molecule has 126 valence electrons. The van der Waals surface area contributed by atoms with E-state index in [1.165, 1.54) is 0 Å². The number of carbonyl (C=O) groups excluding carboxylic acids is 1. The molecular formula is C18H16N4O3. The van der Waals surface area contributed by atoms with Crippen molar-refractivity contribution >= 4 is 16.9 Å². The van der Waals surface area contributed by atoms with E-state index in [9.17, 15) is 9.59 Å². The van der Waals surface area contributed by atoms with E-state index in [1.54, 1.807) is 30.5 Å². The summed E-state index contributed by atoms with van der Waals surface area (Å²) in [5.74, 6) is 0.547. The van der Waals surface area contributed by atoms with Crippen molar-refractivity contribution in [1.82, 2.24) is 19.6 Å². The Balaban J connectivity index is 1.49. The van der Waals surface area contributed by atoms with Gasteiger partial charge in [0.25, 0.3) is 11.5 Å². The lowest BCUT2D eigenvalue weighted by Crippen LogP contribution is -2.49. The SMILES string of the molecule is O=C(c1onc2ncccc12)N1C[C@@H]2C[C@H](C1)c1cccc(=O)n1C2. The molecule has 2 atom stereocenters. The van der Waals surface area contributed by atoms with Crippen molar-refractivity contribution in [3.8, 4) is 0 Å². The molecule has 2 aliphatic heterocycles. The van der Waals surface area contributed by atoms with Crippen LogP contribution in [-0.4, -0.2) is 38.6 Å². The number of hydrogen-bond donors (Lipinski definition) is 0. The van der Waals surface area contributed by atoms with E-state index < -0.39 is 0 Å². The Morgan fingerprint density at radius 1 is 1.16 bits per heavy atom. The highest BCUT2D eigenvalue weighted by Gasteiger charge is 2.37. The van der Waals surface area contributed by atoms with Crippen molar-refractivity contribution in [2.24, 2.45) is 5.92 Å². The molecule has 0 unspecified atom stereocenters. The molecule has 0 radical (unpaired) electrons. The molecule has 3 aromatic rings. The second-order valence-corrected chi connectivity index (χ2v) is 6.79. The lowest BCUT2D eigenvalue weighted by molar-refractivity contribution is 0.0557. The molecule has 7 nitrogen and oxygen atoms in total. The molecule has 7 heteroatoms. The average Bonchev–Trinajstić information content (AvgIpc) is 3.06. The van der Waals surface area contributed by atoms with Gasteiger partial charge in [0, 0.05) is 43.5 Å². The fraction of sp³-hybridized carbons (Fsp3) is 0.333. The third-order valence-electron chi connectivity index (χ3n) is 5.22. The number of hydrogen-bond acceptors (Lipinski definition) is 5. The van der Waals surface area contributed by atoms with Gasteiger partial charge in [0.15, 0.2) is 0 Å². The minimum atomic E-state index is -0.156. The zero-order valence-electron chi connectivity index (χ0n) is 13.5. The monoisotopic (exact) mass is 336 g/mol. The van der Waals surface area contributed by atoms with E-state index in [0.717, 1.165) is 12.1 Å². The summed E-state index contributed by atoms with van der Waals surface area (Å²) in [6, 6.07) is 8.95. The zero-order valence-corrected chi connectivity index (χ0v) is 13.5. The Bertz CT molecular complexity index is 1040. The van der Waals surface area contributed by atoms with Gasteiger partial charge in [-0.15, -0.1) is 0 Å². The molecule has 3 aromatic heterocycles. The summed E-state index contributed by atoms with van der Waals surface area (Å²) in [5, 5.41) is 4.51. The van der Waals surface area contributed by atoms with Crippen LogP contribution in [0.5, 0.6) is 0 Å². The van der Waals surface area contributed by atoms with Crippen LogP contribution >= 0.6 is 0 Å². The molecule has 5 rings (SSSR count). The van der Waals surface area contributed by atoms with E-state index in [0.29, 0.717) is 30.7 Å². The molecule has 1 amide bonds. The van der Waals surface area contributed by atoms with Crippen LogP contribution in [-0.2, 0) is 6.54 Å². The lowest BCUT2D eigenvalue weighted by Gasteiger charge is -2.42. The van der Waals surface area contributed by atoms with Crippen LogP contribution in [0.25, 0.3) is 11.0 Å². The first-order valence-corrected chi connectivity index (χ1v) is 8.40. The summed E-state index contributed by atoms with van der Waals surface area (Å²) in [6.07, 6.45) is 2.63. The number of pyridine rings is 2. The fourth-order valence-electron chi connectivity index (χ4n) is 4.15. The number of fused-ring (bicyclic) bond motifs is 5. The van der Waals surface area contributed by atoms with Gasteiger partial charge < -0.3 is 14.0 Å². The van der Waals surface area contributed by atoms with Crippen LogP contribution in [0.2, 0.25) is 0 Å². The third kappa shape index (κ3) is 2.19. The largest absolute Gasteiger partial charge is 0.348 e. The maximum atomic E-state index is 13.0. The first-order valence-electron chi connectivity index (χ1n) is 8.40. The smallest absolute Gasteiger partial charge is 0.293 e. The van der Waals surface area contributed by atoms with Gasteiger partial charge in [0.1, 0.15) is 0 Å². The van der Waals surface area contributed by atoms with Gasteiger partial charge in [-0.1, -0.05) is 11.2 Å². The van der Waals surface area contributed by atoms with E-state index >= 15 is 0 Å². The van der Waals surface area contributed by atoms with Gasteiger partial charge in [0.05, 0.1) is 5.39 Å². The van der Waals surface area contributed by atoms with E-state index in [1.807, 2.05) is 15.5 Å². The standard InChI is InChI=1S/C18H16N4O3/c23-15-5-1-4-14-12-7-11(9-22(14)15)8-21(10-12)18(24)16-13-3-2-6-19-17(13)20-25-16/h1-6,11-12H,7-10H2/t11-,12+/m0/s1. The minimum Gasteiger partial charge on any atom is -0.348 e. The van der Waals surface area contributed by atoms with Gasteiger partial charge in [-0.2, -0.15) is 0 Å². The van der Waals surface area contributed by atoms with Crippen molar-refractivity contribution in [2.75, 3.05) is 13.1 Å². The zero-order chi connectivity index (χ0) is 17.0. The number of aromatic nitrogens is 3. The van der Waals surface area contributed by atoms with Crippen molar-refractivity contribution < 1.29 is 9.32 Å². The molecule has 0 aliphatic carbocycles. The maximum Gasteiger partial charge on any atom is 0.293 e. The molecule has 0 saturated carbocycles. The highest BCUT2D eigenvalue weighted by molar-refractivity contribution is 6.02. The Morgan fingerprint density at radius 3 is 3.00 bits per heavy atom. The lowest BCUT2D eigenvalue weighted by atomic mass is 9.83. The molecular weight excluding hydrogens is 320 g/mol. The molecule has 0 spiro atoms. The molecule has 5 heterocycles. The van der Waals surface area contributed by atoms with E-state index in [4.69, 9.17) is 4.52 Å². The highest BCUT2D eigenvalue weighted by atomic mass is 16.5. The van der Waals surface area contributed by atoms with Crippen molar-refractivity contribution in [2.45, 2.75) is 18.9 Å². The van der Waals surface area contributed by atoms with E-state index in [2.05, 4.69) is 10.1 Å². The molecule has 1 fully saturated rings. The highest BCUT2D eigenvalue weighted by Crippen LogP contribution is 2.35. The fourth-order valence-corrected chi connectivity index (χ4v) is 4.15. The number of amides is 1. The van der Waals surface area contributed by atoms with Gasteiger partial charge in [-0.3, -0.25) is 9.59 Å². The first kappa shape index (κ1) is 14.4. The third-order valence-corrected chi connectivity index (χ3v) is 5.22. The Labute approximate surface area is 142 Å². The Morgan fingerprint density at radius 2 is 2.08 bits per heavy atom. The van der Waals surface area contributed by atoms with Crippen molar-refractivity contribution in [3.63, 3.8) is 0 Å². The summed E-state index contributed by atoms with van der Waals surface area (Å²) in [4.78, 5) is 31.0. The Hall–Kier alpha value is -2.96. The average molecular weight is 336 g/mol. The summed E-state index contributed by atoms with van der Waals surface area (Å²) >= 11 is 0. The predicted octanol–water partition coefficient (Wildman–Crippen LogP) is 1.64. The van der Waals surface area contributed by atoms with Crippen LogP contribution in [0.4, 0.5) is 0 Å². The quantitative estimate of drug-likeness (QED) is 0.675. The van der Waals surface area contributed by atoms with Crippen molar-refractivity contribution in [3.05, 3.63) is 58.3 Å². The number of carbonyl (C=O) groups is 1. The first-order chi connectivity index (χ1) is 12.2. The molecule has 2 aliphatic rings. The van der Waals surface area contributed by atoms with Gasteiger partial charge in [-0.25, -0.2) is 4.98 Å². The number of nitrogens with zero attached hydrogens (tertiary/aromatic N) is 4. The van der Waals surface area contributed by atoms with Gasteiger partial charge >= 0.3 is 0 Å². The number of piperidine rings is 1. The topological polar surface area (TPSA) is 81.2 Å². The number of rotatable bonds is 1. The molecule has 25 heavy (non-hydrogen) atoms. The Kier molecular flexibility index (Phi) is 3.03. The maximum absolute atomic E-state index is 13.0. The van der Waals surface area contributed by atoms with Gasteiger partial charge in [-0.05, 0) is 30.5 Å². The second kappa shape index (κ2) is 5.27. The van der Waals surface area contributed by atoms with E-state index in [-0.39, 0.29) is 29.1 Å².